The fourth-order valence-corrected chi connectivity index (χ4v) is 4.46. The van der Waals surface area contributed by atoms with E-state index in [1.807, 2.05) is 30.3 Å². The van der Waals surface area contributed by atoms with Gasteiger partial charge in [0.25, 0.3) is 5.85 Å². The summed E-state index contributed by atoms with van der Waals surface area (Å²) in [4.78, 5) is 43.8. The second kappa shape index (κ2) is 10.6. The molecule has 1 fully saturated rings. The summed E-state index contributed by atoms with van der Waals surface area (Å²) < 4.78 is 28.5. The molecule has 4 rings (SSSR count). The maximum atomic E-state index is 11.9. The SMILES string of the molecule is CCOC(=O)C(OC[C@H]1O[C@@H](n2cnc3c(N)nc(Cc4ccccc4)nc32)[C@H](O)[C@@H]1O)P(=O)(O)O. The molecule has 2 aromatic heterocycles. The molecule has 0 saturated carbocycles. The van der Waals surface area contributed by atoms with Gasteiger partial charge < -0.3 is 39.9 Å². The van der Waals surface area contributed by atoms with E-state index in [4.69, 9.17) is 15.2 Å². The highest BCUT2D eigenvalue weighted by Gasteiger charge is 2.46. The van der Waals surface area contributed by atoms with Gasteiger partial charge >= 0.3 is 13.6 Å². The molecule has 5 atom stereocenters. The van der Waals surface area contributed by atoms with Crippen molar-refractivity contribution in [3.05, 3.63) is 48.0 Å². The summed E-state index contributed by atoms with van der Waals surface area (Å²) in [5, 5.41) is 21.2. The van der Waals surface area contributed by atoms with Crippen LogP contribution in [0.1, 0.15) is 24.5 Å². The van der Waals surface area contributed by atoms with Crippen LogP contribution in [0.5, 0.6) is 0 Å². The van der Waals surface area contributed by atoms with Crippen LogP contribution in [0.4, 0.5) is 5.82 Å². The van der Waals surface area contributed by atoms with Crippen LogP contribution < -0.4 is 5.73 Å². The average Bonchev–Trinajstić information content (AvgIpc) is 3.35. The minimum atomic E-state index is -5.03. The van der Waals surface area contributed by atoms with Crippen molar-refractivity contribution in [1.82, 2.24) is 19.5 Å². The predicted octanol–water partition coefficient (Wildman–Crippen LogP) is -0.298. The van der Waals surface area contributed by atoms with Crippen molar-refractivity contribution in [2.45, 2.75) is 43.7 Å². The Morgan fingerprint density at radius 3 is 2.61 bits per heavy atom. The number of hydrogen-bond acceptors (Lipinski definition) is 11. The molecule has 1 unspecified atom stereocenters. The molecule has 0 radical (unpaired) electrons. The average molecular weight is 523 g/mol. The molecule has 194 valence electrons. The number of imidazole rings is 1. The number of nitrogens with two attached hydrogens (primary N) is 1. The third-order valence-electron chi connectivity index (χ3n) is 5.52. The first kappa shape index (κ1) is 26.1. The van der Waals surface area contributed by atoms with Crippen LogP contribution in [0, 0.1) is 0 Å². The Hall–Kier alpha value is -2.97. The summed E-state index contributed by atoms with van der Waals surface area (Å²) in [5.74, 6) is -2.93. The van der Waals surface area contributed by atoms with Gasteiger partial charge in [0.05, 0.1) is 19.5 Å². The first-order valence-electron chi connectivity index (χ1n) is 11.0. The molecule has 14 nitrogen and oxygen atoms in total. The molecule has 1 aliphatic heterocycles. The number of nitrogen functional groups attached to an aromatic ring is 1. The summed E-state index contributed by atoms with van der Waals surface area (Å²) >= 11 is 0. The van der Waals surface area contributed by atoms with E-state index >= 15 is 0 Å². The Bertz CT molecular complexity index is 1270. The second-order valence-corrected chi connectivity index (χ2v) is 9.73. The van der Waals surface area contributed by atoms with Crippen molar-refractivity contribution < 1.29 is 43.6 Å². The van der Waals surface area contributed by atoms with Gasteiger partial charge in [-0.15, -0.1) is 0 Å². The number of benzene rings is 1. The van der Waals surface area contributed by atoms with Gasteiger partial charge in [0.1, 0.15) is 29.7 Å². The molecule has 1 aliphatic rings. The molecular weight excluding hydrogens is 497 g/mol. The van der Waals surface area contributed by atoms with E-state index in [9.17, 15) is 29.4 Å². The van der Waals surface area contributed by atoms with E-state index in [0.29, 0.717) is 12.2 Å². The highest BCUT2D eigenvalue weighted by Crippen LogP contribution is 2.43. The Balaban J connectivity index is 1.55. The summed E-state index contributed by atoms with van der Waals surface area (Å²) in [6.07, 6.45) is -3.72. The molecule has 6 N–H and O–H groups in total. The van der Waals surface area contributed by atoms with Crippen molar-refractivity contribution in [2.24, 2.45) is 0 Å². The Kier molecular flexibility index (Phi) is 7.66. The number of esters is 1. The summed E-state index contributed by atoms with van der Waals surface area (Å²) in [7, 11) is -5.03. The number of aliphatic hydroxyl groups excluding tert-OH is 2. The standard InChI is InChI=1S/C21H26N5O9P/c1-2-33-20(29)21(36(30,31)32)34-9-12-15(27)16(28)19(35-12)26-10-23-14-17(22)24-13(25-18(14)26)8-11-6-4-3-5-7-11/h3-7,10,12,15-16,19,21,27-28H,2,8-9H2,1H3,(H2,22,24,25)(H2,30,31,32)/t12-,15-,16-,19-,21?/m1/s1. The lowest BCUT2D eigenvalue weighted by atomic mass is 10.1. The lowest BCUT2D eigenvalue weighted by Crippen LogP contribution is -2.36. The Labute approximate surface area is 204 Å². The fraction of sp³-hybridized carbons (Fsp3) is 0.429. The predicted molar refractivity (Wildman–Crippen MR) is 123 cm³/mol. The maximum absolute atomic E-state index is 11.9. The van der Waals surface area contributed by atoms with Crippen LogP contribution in [-0.4, -0.2) is 82.9 Å². The topological polar surface area (TPSA) is 212 Å². The first-order valence-corrected chi connectivity index (χ1v) is 12.7. The lowest BCUT2D eigenvalue weighted by molar-refractivity contribution is -0.155. The van der Waals surface area contributed by atoms with Gasteiger partial charge in [0.2, 0.25) is 0 Å². The van der Waals surface area contributed by atoms with E-state index in [1.54, 1.807) is 0 Å². The number of carbonyl (C=O) groups is 1. The first-order chi connectivity index (χ1) is 17.1. The van der Waals surface area contributed by atoms with Crippen LogP contribution in [0.15, 0.2) is 36.7 Å². The number of aliphatic hydroxyl groups is 2. The van der Waals surface area contributed by atoms with Gasteiger partial charge in [-0.25, -0.2) is 19.7 Å². The van der Waals surface area contributed by atoms with E-state index in [-0.39, 0.29) is 23.6 Å². The minimum Gasteiger partial charge on any atom is -0.464 e. The Morgan fingerprint density at radius 2 is 1.94 bits per heavy atom. The zero-order valence-corrected chi connectivity index (χ0v) is 20.0. The maximum Gasteiger partial charge on any atom is 0.365 e. The summed E-state index contributed by atoms with van der Waals surface area (Å²) in [6.45, 7) is 0.732. The molecule has 1 aromatic carbocycles. The van der Waals surface area contributed by atoms with Crippen LogP contribution in [0.25, 0.3) is 11.2 Å². The second-order valence-electron chi connectivity index (χ2n) is 8.08. The van der Waals surface area contributed by atoms with Crippen LogP contribution in [0.3, 0.4) is 0 Å². The van der Waals surface area contributed by atoms with E-state index in [0.717, 1.165) is 5.56 Å². The van der Waals surface area contributed by atoms with Crippen molar-refractivity contribution in [2.75, 3.05) is 18.9 Å². The summed E-state index contributed by atoms with van der Waals surface area (Å²) in [6, 6.07) is 9.47. The largest absolute Gasteiger partial charge is 0.464 e. The van der Waals surface area contributed by atoms with Gasteiger partial charge in [0, 0.05) is 6.42 Å². The monoisotopic (exact) mass is 523 g/mol. The molecule has 0 amide bonds. The minimum absolute atomic E-state index is 0.118. The number of ether oxygens (including phenoxy) is 3. The summed E-state index contributed by atoms with van der Waals surface area (Å²) in [5.41, 5.74) is 7.54. The lowest BCUT2D eigenvalue weighted by Gasteiger charge is -2.20. The number of nitrogens with zero attached hydrogens (tertiary/aromatic N) is 4. The van der Waals surface area contributed by atoms with Crippen molar-refractivity contribution in [1.29, 1.82) is 0 Å². The van der Waals surface area contributed by atoms with Gasteiger partial charge in [-0.3, -0.25) is 9.13 Å². The van der Waals surface area contributed by atoms with Gasteiger partial charge in [-0.2, -0.15) is 0 Å². The Morgan fingerprint density at radius 1 is 1.22 bits per heavy atom. The van der Waals surface area contributed by atoms with Crippen LogP contribution in [0.2, 0.25) is 0 Å². The van der Waals surface area contributed by atoms with Crippen molar-refractivity contribution in [3.8, 4) is 0 Å². The molecule has 36 heavy (non-hydrogen) atoms. The van der Waals surface area contributed by atoms with Gasteiger partial charge in [0.15, 0.2) is 17.7 Å². The number of aromatic nitrogens is 4. The number of hydrogen-bond donors (Lipinski definition) is 5. The zero-order chi connectivity index (χ0) is 26.0. The van der Waals surface area contributed by atoms with Gasteiger partial charge in [-0.1, -0.05) is 30.3 Å². The van der Waals surface area contributed by atoms with Crippen molar-refractivity contribution >= 4 is 30.5 Å². The normalized spacial score (nSPS) is 23.1. The molecule has 0 bridgehead atoms. The molecule has 0 spiro atoms. The number of anilines is 1. The van der Waals surface area contributed by atoms with Crippen molar-refractivity contribution in [3.63, 3.8) is 0 Å². The molecule has 3 aromatic rings. The van der Waals surface area contributed by atoms with Crippen LogP contribution >= 0.6 is 7.60 Å². The number of carbonyl (C=O) groups excluding carboxylic acids is 1. The molecular formula is C21H26N5O9P. The number of fused-ring (bicyclic) bond motifs is 1. The van der Waals surface area contributed by atoms with E-state index in [1.165, 1.54) is 17.8 Å². The quantitative estimate of drug-likeness (QED) is 0.180. The highest BCUT2D eigenvalue weighted by atomic mass is 31.2. The molecule has 1 saturated heterocycles. The third-order valence-corrected chi connectivity index (χ3v) is 6.49. The molecule has 0 aliphatic carbocycles. The highest BCUT2D eigenvalue weighted by molar-refractivity contribution is 7.53. The van der Waals surface area contributed by atoms with E-state index < -0.39 is 50.6 Å². The van der Waals surface area contributed by atoms with Crippen LogP contribution in [-0.2, 0) is 30.0 Å². The fourth-order valence-electron chi connectivity index (χ4n) is 3.83. The molecule has 15 heteroatoms. The van der Waals surface area contributed by atoms with E-state index in [2.05, 4.69) is 19.7 Å². The zero-order valence-electron chi connectivity index (χ0n) is 19.1. The van der Waals surface area contributed by atoms with Gasteiger partial charge in [-0.05, 0) is 12.5 Å². The molecule has 3 heterocycles. The number of rotatable bonds is 9. The third kappa shape index (κ3) is 5.39. The smallest absolute Gasteiger partial charge is 0.365 e.